The van der Waals surface area contributed by atoms with Crippen molar-refractivity contribution in [2.24, 2.45) is 0 Å². The van der Waals surface area contributed by atoms with Crippen molar-refractivity contribution >= 4 is 45.2 Å². The van der Waals surface area contributed by atoms with Gasteiger partial charge in [-0.1, -0.05) is 47.6 Å². The number of nitrogens with two attached hydrogens (primary N) is 1. The summed E-state index contributed by atoms with van der Waals surface area (Å²) in [5, 5.41) is 4.99. The minimum atomic E-state index is -0.472. The monoisotopic (exact) mass is 451 g/mol. The normalized spacial score (nSPS) is 16.4. The van der Waals surface area contributed by atoms with Gasteiger partial charge < -0.3 is 5.73 Å². The summed E-state index contributed by atoms with van der Waals surface area (Å²) in [5.74, 6) is -0.656. The van der Waals surface area contributed by atoms with Crippen LogP contribution in [0.15, 0.2) is 30.6 Å². The van der Waals surface area contributed by atoms with Crippen molar-refractivity contribution in [3.63, 3.8) is 0 Å². The first-order chi connectivity index (χ1) is 12.0. The number of fused-ring (bicyclic) bond motifs is 1. The van der Waals surface area contributed by atoms with Crippen LogP contribution in [0.25, 0.3) is 11.0 Å². The number of alkyl halides is 1. The van der Waals surface area contributed by atoms with E-state index in [4.69, 9.17) is 5.73 Å². The van der Waals surface area contributed by atoms with E-state index in [1.165, 1.54) is 24.5 Å². The summed E-state index contributed by atoms with van der Waals surface area (Å²) in [6, 6.07) is 5.55. The van der Waals surface area contributed by atoms with Gasteiger partial charge in [0.05, 0.1) is 5.39 Å². The lowest BCUT2D eigenvalue weighted by Crippen LogP contribution is -2.24. The van der Waals surface area contributed by atoms with Crippen LogP contribution in [-0.4, -0.2) is 25.5 Å². The Kier molecular flexibility index (Phi) is 3.94. The van der Waals surface area contributed by atoms with Crippen molar-refractivity contribution < 1.29 is 9.18 Å². The van der Waals surface area contributed by atoms with Crippen LogP contribution in [0.2, 0.25) is 0 Å². The summed E-state index contributed by atoms with van der Waals surface area (Å²) in [6.45, 7) is 0. The SMILES string of the molecule is Nc1ncnc2c1c(C(=O)c1cccc(F)c1)nn2C1(I)CCCC1. The van der Waals surface area contributed by atoms with E-state index >= 15 is 0 Å². The number of nitrogens with zero attached hydrogens (tertiary/aromatic N) is 4. The van der Waals surface area contributed by atoms with E-state index in [1.807, 2.05) is 0 Å². The molecule has 0 saturated heterocycles. The van der Waals surface area contributed by atoms with E-state index in [9.17, 15) is 9.18 Å². The molecule has 25 heavy (non-hydrogen) atoms. The van der Waals surface area contributed by atoms with Crippen LogP contribution in [0.3, 0.4) is 0 Å². The van der Waals surface area contributed by atoms with E-state index in [2.05, 4.69) is 37.7 Å². The summed E-state index contributed by atoms with van der Waals surface area (Å²) < 4.78 is 15.1. The first-order valence-corrected chi connectivity index (χ1v) is 9.06. The highest BCUT2D eigenvalue weighted by molar-refractivity contribution is 14.1. The Bertz CT molecular complexity index is 980. The second kappa shape index (κ2) is 6.01. The predicted molar refractivity (Wildman–Crippen MR) is 100 cm³/mol. The molecule has 1 aromatic carbocycles. The molecule has 2 N–H and O–H groups in total. The zero-order chi connectivity index (χ0) is 17.6. The third kappa shape index (κ3) is 2.68. The molecule has 6 nitrogen and oxygen atoms in total. The fraction of sp³-hybridized carbons (Fsp3) is 0.294. The number of ketones is 1. The maximum Gasteiger partial charge on any atom is 0.214 e. The van der Waals surface area contributed by atoms with Crippen molar-refractivity contribution in [1.29, 1.82) is 0 Å². The molecule has 0 unspecified atom stereocenters. The number of hydrogen-bond acceptors (Lipinski definition) is 5. The van der Waals surface area contributed by atoms with Gasteiger partial charge in [0, 0.05) is 5.56 Å². The molecular weight excluding hydrogens is 436 g/mol. The van der Waals surface area contributed by atoms with Crippen LogP contribution in [0.5, 0.6) is 0 Å². The summed E-state index contributed by atoms with van der Waals surface area (Å²) in [7, 11) is 0. The van der Waals surface area contributed by atoms with E-state index in [0.29, 0.717) is 11.0 Å². The Hall–Kier alpha value is -2.10. The van der Waals surface area contributed by atoms with Crippen LogP contribution in [0.1, 0.15) is 41.7 Å². The van der Waals surface area contributed by atoms with Gasteiger partial charge >= 0.3 is 0 Å². The Morgan fingerprint density at radius 1 is 1.28 bits per heavy atom. The van der Waals surface area contributed by atoms with Gasteiger partial charge in [-0.25, -0.2) is 19.0 Å². The van der Waals surface area contributed by atoms with Crippen molar-refractivity contribution in [3.8, 4) is 0 Å². The first-order valence-electron chi connectivity index (χ1n) is 7.98. The standard InChI is InChI=1S/C17H15FIN5O/c18-11-5-3-4-10(8-11)14(25)13-12-15(20)21-9-22-16(12)24(23-13)17(19)6-1-2-7-17/h3-5,8-9H,1-2,6-7H2,(H2,20,21,22). The number of halogens is 2. The summed E-state index contributed by atoms with van der Waals surface area (Å²) in [6.07, 6.45) is 5.46. The molecular formula is C17H15FIN5O. The minimum Gasteiger partial charge on any atom is -0.383 e. The fourth-order valence-corrected chi connectivity index (χ4v) is 4.41. The maximum atomic E-state index is 13.5. The summed E-state index contributed by atoms with van der Waals surface area (Å²) >= 11 is 2.38. The summed E-state index contributed by atoms with van der Waals surface area (Å²) in [4.78, 5) is 21.3. The van der Waals surface area contributed by atoms with Crippen LogP contribution in [-0.2, 0) is 3.55 Å². The lowest BCUT2D eigenvalue weighted by molar-refractivity contribution is 0.103. The molecule has 2 aromatic heterocycles. The van der Waals surface area contributed by atoms with Crippen LogP contribution in [0, 0.1) is 5.82 Å². The quantitative estimate of drug-likeness (QED) is 0.375. The molecule has 0 atom stereocenters. The van der Waals surface area contributed by atoms with Gasteiger partial charge in [-0.05, 0) is 25.0 Å². The molecule has 1 saturated carbocycles. The smallest absolute Gasteiger partial charge is 0.214 e. The van der Waals surface area contributed by atoms with Crippen molar-refractivity contribution in [3.05, 3.63) is 47.7 Å². The number of carbonyl (C=O) groups is 1. The molecule has 4 rings (SSSR count). The summed E-state index contributed by atoms with van der Waals surface area (Å²) in [5.41, 5.74) is 6.96. The van der Waals surface area contributed by atoms with Gasteiger partial charge in [0.1, 0.15) is 27.2 Å². The first kappa shape index (κ1) is 16.4. The Morgan fingerprint density at radius 2 is 2.04 bits per heavy atom. The Balaban J connectivity index is 1.94. The predicted octanol–water partition coefficient (Wildman–Crippen LogP) is 3.44. The van der Waals surface area contributed by atoms with Crippen molar-refractivity contribution in [2.45, 2.75) is 29.2 Å². The highest BCUT2D eigenvalue weighted by Gasteiger charge is 2.37. The van der Waals surface area contributed by atoms with Gasteiger partial charge in [0.15, 0.2) is 5.65 Å². The fourth-order valence-electron chi connectivity index (χ4n) is 3.31. The number of nitrogen functional groups attached to an aromatic ring is 1. The number of rotatable bonds is 3. The third-order valence-corrected chi connectivity index (χ3v) is 6.08. The second-order valence-corrected chi connectivity index (χ2v) is 8.19. The molecule has 0 amide bonds. The van der Waals surface area contributed by atoms with E-state index in [0.717, 1.165) is 25.7 Å². The molecule has 128 valence electrons. The van der Waals surface area contributed by atoms with E-state index in [-0.39, 0.29) is 26.4 Å². The highest BCUT2D eigenvalue weighted by Crippen LogP contribution is 2.44. The average Bonchev–Trinajstić information content (AvgIpc) is 3.20. The minimum absolute atomic E-state index is 0.168. The molecule has 1 aliphatic rings. The van der Waals surface area contributed by atoms with Gasteiger partial charge in [-0.3, -0.25) is 4.79 Å². The van der Waals surface area contributed by atoms with Crippen molar-refractivity contribution in [1.82, 2.24) is 19.7 Å². The van der Waals surface area contributed by atoms with E-state index in [1.54, 1.807) is 10.7 Å². The number of hydrogen-bond donors (Lipinski definition) is 1. The molecule has 0 spiro atoms. The molecule has 1 aliphatic carbocycles. The Labute approximate surface area is 156 Å². The van der Waals surface area contributed by atoms with Gasteiger partial charge in [-0.2, -0.15) is 5.10 Å². The largest absolute Gasteiger partial charge is 0.383 e. The van der Waals surface area contributed by atoms with Gasteiger partial charge in [-0.15, -0.1) is 0 Å². The number of benzene rings is 1. The number of aromatic nitrogens is 4. The average molecular weight is 451 g/mol. The zero-order valence-corrected chi connectivity index (χ0v) is 15.4. The maximum absolute atomic E-state index is 13.5. The lowest BCUT2D eigenvalue weighted by Gasteiger charge is -2.22. The second-order valence-electron chi connectivity index (χ2n) is 6.18. The van der Waals surface area contributed by atoms with E-state index < -0.39 is 5.82 Å². The molecule has 0 bridgehead atoms. The molecule has 2 heterocycles. The number of anilines is 1. The molecule has 3 aromatic rings. The van der Waals surface area contributed by atoms with Crippen molar-refractivity contribution in [2.75, 3.05) is 5.73 Å². The molecule has 8 heteroatoms. The topological polar surface area (TPSA) is 86.7 Å². The Morgan fingerprint density at radius 3 is 2.76 bits per heavy atom. The van der Waals surface area contributed by atoms with Gasteiger partial charge in [0.25, 0.3) is 0 Å². The van der Waals surface area contributed by atoms with Crippen LogP contribution >= 0.6 is 22.6 Å². The molecule has 0 aliphatic heterocycles. The zero-order valence-electron chi connectivity index (χ0n) is 13.2. The molecule has 0 radical (unpaired) electrons. The molecule has 1 fully saturated rings. The van der Waals surface area contributed by atoms with Gasteiger partial charge in [0.2, 0.25) is 5.78 Å². The van der Waals surface area contributed by atoms with Crippen LogP contribution < -0.4 is 5.73 Å². The van der Waals surface area contributed by atoms with Crippen LogP contribution in [0.4, 0.5) is 10.2 Å². The number of carbonyl (C=O) groups excluding carboxylic acids is 1. The lowest BCUT2D eigenvalue weighted by atomic mass is 10.1. The highest BCUT2D eigenvalue weighted by atomic mass is 127. The third-order valence-electron chi connectivity index (χ3n) is 4.55.